The van der Waals surface area contributed by atoms with Gasteiger partial charge in [0.2, 0.25) is 0 Å². The lowest BCUT2D eigenvalue weighted by Gasteiger charge is -2.26. The van der Waals surface area contributed by atoms with Gasteiger partial charge in [-0.3, -0.25) is 9.69 Å². The molecule has 2 aromatic rings. The monoisotopic (exact) mass is 439 g/mol. The number of aliphatic hydroxyl groups is 1. The molecule has 0 saturated carbocycles. The van der Waals surface area contributed by atoms with Crippen molar-refractivity contribution in [2.45, 2.75) is 52.7 Å². The van der Waals surface area contributed by atoms with Crippen molar-refractivity contribution in [2.24, 2.45) is 0 Å². The largest absolute Gasteiger partial charge is 0.374 e. The first-order valence-electron chi connectivity index (χ1n) is 11.8. The lowest BCUT2D eigenvalue weighted by Crippen LogP contribution is -2.24. The molecule has 2 unspecified atom stereocenters. The van der Waals surface area contributed by atoms with E-state index < -0.39 is 6.23 Å². The Morgan fingerprint density at radius 3 is 2.28 bits per heavy atom. The van der Waals surface area contributed by atoms with E-state index in [4.69, 9.17) is 0 Å². The Bertz CT molecular complexity index is 894. The van der Waals surface area contributed by atoms with Gasteiger partial charge in [-0.15, -0.1) is 0 Å². The Kier molecular flexibility index (Phi) is 9.88. The van der Waals surface area contributed by atoms with Crippen molar-refractivity contribution in [3.8, 4) is 0 Å². The summed E-state index contributed by atoms with van der Waals surface area (Å²) in [5, 5.41) is 14.1. The van der Waals surface area contributed by atoms with Gasteiger partial charge in [-0.05, 0) is 86.4 Å². The van der Waals surface area contributed by atoms with Gasteiger partial charge in [-0.1, -0.05) is 45.0 Å². The summed E-state index contributed by atoms with van der Waals surface area (Å²) in [6.45, 7) is 11.1. The molecule has 2 atom stereocenters. The first-order chi connectivity index (χ1) is 15.2. The van der Waals surface area contributed by atoms with Crippen molar-refractivity contribution in [3.05, 3.63) is 69.8 Å². The van der Waals surface area contributed by atoms with Crippen LogP contribution < -0.4 is 5.32 Å². The van der Waals surface area contributed by atoms with E-state index in [1.54, 1.807) is 19.0 Å². The van der Waals surface area contributed by atoms with Crippen LogP contribution in [-0.2, 0) is 6.42 Å². The van der Waals surface area contributed by atoms with Crippen molar-refractivity contribution in [3.63, 3.8) is 0 Å². The van der Waals surface area contributed by atoms with E-state index in [2.05, 4.69) is 56.4 Å². The summed E-state index contributed by atoms with van der Waals surface area (Å²) in [6.07, 6.45) is 1.24. The predicted molar refractivity (Wildman–Crippen MR) is 133 cm³/mol. The molecule has 5 heteroatoms. The van der Waals surface area contributed by atoms with E-state index in [1.165, 1.54) is 22.3 Å². The number of aliphatic hydroxyl groups excluding tert-OH is 1. The molecule has 0 heterocycles. The fourth-order valence-corrected chi connectivity index (χ4v) is 4.22. The Hall–Kier alpha value is -2.21. The number of benzene rings is 2. The highest BCUT2D eigenvalue weighted by atomic mass is 16.3. The standard InChI is InChI=1S/C27H41N3O2/c1-8-20-18-22(26(31)29(5)6)12-14-24(20)25(15-16-28-9-2)23-13-11-21(17-19(23)4)27(32)30(7)10-3/h11-14,17-18,25,27-28,32H,8-10,15-16H2,1-7H3. The third kappa shape index (κ3) is 6.18. The number of nitrogens with zero attached hydrogens (tertiary/aromatic N) is 2. The molecule has 0 aliphatic carbocycles. The molecule has 0 spiro atoms. The van der Waals surface area contributed by atoms with E-state index in [-0.39, 0.29) is 11.8 Å². The normalized spacial score (nSPS) is 13.3. The molecule has 0 fully saturated rings. The molecule has 1 amide bonds. The topological polar surface area (TPSA) is 55.8 Å². The van der Waals surface area contributed by atoms with Gasteiger partial charge < -0.3 is 15.3 Å². The number of rotatable bonds is 11. The highest BCUT2D eigenvalue weighted by Crippen LogP contribution is 2.34. The summed E-state index contributed by atoms with van der Waals surface area (Å²) in [5.41, 5.74) is 6.61. The molecule has 0 aliphatic rings. The van der Waals surface area contributed by atoms with Crippen LogP contribution in [0.1, 0.15) is 77.5 Å². The van der Waals surface area contributed by atoms with Gasteiger partial charge in [-0.2, -0.15) is 0 Å². The molecule has 0 aliphatic heterocycles. The zero-order valence-corrected chi connectivity index (χ0v) is 20.9. The summed E-state index contributed by atoms with van der Waals surface area (Å²) in [6, 6.07) is 12.5. The Morgan fingerprint density at radius 2 is 1.72 bits per heavy atom. The minimum Gasteiger partial charge on any atom is -0.374 e. The molecular weight excluding hydrogens is 398 g/mol. The fourth-order valence-electron chi connectivity index (χ4n) is 4.22. The maximum Gasteiger partial charge on any atom is 0.253 e. The second-order valence-corrected chi connectivity index (χ2v) is 8.72. The minimum atomic E-state index is -0.601. The summed E-state index contributed by atoms with van der Waals surface area (Å²) in [7, 11) is 5.50. The number of hydrogen-bond acceptors (Lipinski definition) is 4. The Morgan fingerprint density at radius 1 is 1.03 bits per heavy atom. The zero-order valence-electron chi connectivity index (χ0n) is 20.9. The van der Waals surface area contributed by atoms with Crippen molar-refractivity contribution >= 4 is 5.91 Å². The fraction of sp³-hybridized carbons (Fsp3) is 0.519. The third-order valence-electron chi connectivity index (χ3n) is 6.30. The van der Waals surface area contributed by atoms with Gasteiger partial charge in [0.1, 0.15) is 6.23 Å². The van der Waals surface area contributed by atoms with Crippen molar-refractivity contribution in [2.75, 3.05) is 40.8 Å². The smallest absolute Gasteiger partial charge is 0.253 e. The summed E-state index contributed by atoms with van der Waals surface area (Å²) >= 11 is 0. The van der Waals surface area contributed by atoms with Crippen LogP contribution in [0.15, 0.2) is 36.4 Å². The van der Waals surface area contributed by atoms with Gasteiger partial charge in [0.15, 0.2) is 0 Å². The van der Waals surface area contributed by atoms with Crippen LogP contribution in [0, 0.1) is 6.92 Å². The van der Waals surface area contributed by atoms with E-state index in [1.807, 2.05) is 24.9 Å². The van der Waals surface area contributed by atoms with Crippen molar-refractivity contribution in [1.82, 2.24) is 15.1 Å². The van der Waals surface area contributed by atoms with Crippen LogP contribution >= 0.6 is 0 Å². The van der Waals surface area contributed by atoms with E-state index in [0.29, 0.717) is 0 Å². The predicted octanol–water partition coefficient (Wildman–Crippen LogP) is 4.33. The first kappa shape index (κ1) is 26.0. The number of amides is 1. The summed E-state index contributed by atoms with van der Waals surface area (Å²) in [5.74, 6) is 0.257. The van der Waals surface area contributed by atoms with Crippen molar-refractivity contribution in [1.29, 1.82) is 0 Å². The molecule has 32 heavy (non-hydrogen) atoms. The summed E-state index contributed by atoms with van der Waals surface area (Å²) in [4.78, 5) is 16.0. The molecule has 2 aromatic carbocycles. The lowest BCUT2D eigenvalue weighted by molar-refractivity contribution is 0.0245. The van der Waals surface area contributed by atoms with E-state index in [9.17, 15) is 9.90 Å². The number of hydrogen-bond donors (Lipinski definition) is 2. The zero-order chi connectivity index (χ0) is 23.8. The van der Waals surface area contributed by atoms with Gasteiger partial charge in [0.25, 0.3) is 5.91 Å². The molecule has 2 rings (SSSR count). The van der Waals surface area contributed by atoms with Crippen LogP contribution in [-0.4, -0.2) is 61.6 Å². The Balaban J connectivity index is 2.50. The molecular formula is C27H41N3O2. The number of carbonyl (C=O) groups is 1. The molecule has 0 radical (unpaired) electrons. The highest BCUT2D eigenvalue weighted by Gasteiger charge is 2.22. The van der Waals surface area contributed by atoms with Crippen LogP contribution in [0.5, 0.6) is 0 Å². The average Bonchev–Trinajstić information content (AvgIpc) is 2.80. The van der Waals surface area contributed by atoms with E-state index >= 15 is 0 Å². The average molecular weight is 440 g/mol. The Labute approximate surface area is 194 Å². The van der Waals surface area contributed by atoms with Gasteiger partial charge in [0, 0.05) is 25.6 Å². The van der Waals surface area contributed by atoms with Gasteiger partial charge >= 0.3 is 0 Å². The number of nitrogens with one attached hydrogen (secondary N) is 1. The van der Waals surface area contributed by atoms with Gasteiger partial charge in [0.05, 0.1) is 0 Å². The van der Waals surface area contributed by atoms with Crippen molar-refractivity contribution < 1.29 is 9.90 Å². The number of carbonyl (C=O) groups excluding carboxylic acids is 1. The minimum absolute atomic E-state index is 0.0324. The maximum absolute atomic E-state index is 12.5. The summed E-state index contributed by atoms with van der Waals surface area (Å²) < 4.78 is 0. The molecule has 0 aromatic heterocycles. The maximum atomic E-state index is 12.5. The first-order valence-corrected chi connectivity index (χ1v) is 11.8. The molecule has 176 valence electrons. The van der Waals surface area contributed by atoms with Crippen LogP contribution in [0.25, 0.3) is 0 Å². The van der Waals surface area contributed by atoms with Gasteiger partial charge in [-0.25, -0.2) is 0 Å². The van der Waals surface area contributed by atoms with E-state index in [0.717, 1.165) is 43.6 Å². The molecule has 0 bridgehead atoms. The van der Waals surface area contributed by atoms with Crippen LogP contribution in [0.2, 0.25) is 0 Å². The third-order valence-corrected chi connectivity index (χ3v) is 6.30. The molecule has 2 N–H and O–H groups in total. The quantitative estimate of drug-likeness (QED) is 0.404. The molecule has 5 nitrogen and oxygen atoms in total. The second kappa shape index (κ2) is 12.1. The lowest BCUT2D eigenvalue weighted by atomic mass is 9.82. The second-order valence-electron chi connectivity index (χ2n) is 8.72. The highest BCUT2D eigenvalue weighted by molar-refractivity contribution is 5.94. The SMILES string of the molecule is CCNCCC(c1ccc(C(O)N(C)CC)cc1C)c1ccc(C(=O)N(C)C)cc1CC. The molecule has 0 saturated heterocycles. The van der Waals surface area contributed by atoms with Crippen LogP contribution in [0.4, 0.5) is 0 Å². The van der Waals surface area contributed by atoms with Crippen LogP contribution in [0.3, 0.4) is 0 Å². The number of aryl methyl sites for hydroxylation is 2.